The second-order valence-electron chi connectivity index (χ2n) is 2.24. The van der Waals surface area contributed by atoms with Crippen LogP contribution in [0.1, 0.15) is 13.3 Å². The molecule has 0 aliphatic heterocycles. The molecule has 5 nitrogen and oxygen atoms in total. The van der Waals surface area contributed by atoms with E-state index in [0.29, 0.717) is 0 Å². The number of carbonyl (C=O) groups is 1. The summed E-state index contributed by atoms with van der Waals surface area (Å²) in [5.41, 5.74) is 0. The molecule has 0 radical (unpaired) electrons. The Morgan fingerprint density at radius 3 is 2.55 bits per heavy atom. The van der Waals surface area contributed by atoms with Gasteiger partial charge in [0.25, 0.3) is 0 Å². The number of aliphatic carboxylic acids is 1. The standard InChI is InChI=1S/C6H13NO4/c1-4(11-7)3-5(10-2)6(8)9/h4-5H,3,7H2,1-2H3,(H,8,9). The van der Waals surface area contributed by atoms with Gasteiger partial charge in [-0.05, 0) is 6.92 Å². The predicted molar refractivity (Wildman–Crippen MR) is 37.8 cm³/mol. The number of carboxylic acid groups (broad SMARTS) is 1. The summed E-state index contributed by atoms with van der Waals surface area (Å²) in [7, 11) is 1.34. The van der Waals surface area contributed by atoms with E-state index in [-0.39, 0.29) is 12.5 Å². The molecule has 0 saturated carbocycles. The zero-order valence-corrected chi connectivity index (χ0v) is 6.61. The highest BCUT2D eigenvalue weighted by Crippen LogP contribution is 2.03. The van der Waals surface area contributed by atoms with Gasteiger partial charge in [-0.25, -0.2) is 10.7 Å². The van der Waals surface area contributed by atoms with Crippen LogP contribution in [0.5, 0.6) is 0 Å². The molecule has 3 N–H and O–H groups in total. The molecule has 2 unspecified atom stereocenters. The molecule has 0 heterocycles. The fraction of sp³-hybridized carbons (Fsp3) is 0.833. The Bertz CT molecular complexity index is 128. The van der Waals surface area contributed by atoms with Crippen molar-refractivity contribution >= 4 is 5.97 Å². The Kier molecular flexibility index (Phi) is 4.76. The van der Waals surface area contributed by atoms with Crippen LogP contribution in [0.3, 0.4) is 0 Å². The largest absolute Gasteiger partial charge is 0.479 e. The molecule has 66 valence electrons. The Morgan fingerprint density at radius 2 is 2.27 bits per heavy atom. The van der Waals surface area contributed by atoms with E-state index in [1.807, 2.05) is 0 Å². The quantitative estimate of drug-likeness (QED) is 0.546. The monoisotopic (exact) mass is 163 g/mol. The molecule has 2 atom stereocenters. The van der Waals surface area contributed by atoms with Crippen molar-refractivity contribution in [2.24, 2.45) is 5.90 Å². The van der Waals surface area contributed by atoms with Crippen molar-refractivity contribution < 1.29 is 19.5 Å². The Morgan fingerprint density at radius 1 is 1.73 bits per heavy atom. The number of carboxylic acids is 1. The van der Waals surface area contributed by atoms with Crippen molar-refractivity contribution in [1.82, 2.24) is 0 Å². The molecule has 0 rings (SSSR count). The van der Waals surface area contributed by atoms with Gasteiger partial charge in [-0.3, -0.25) is 0 Å². The minimum Gasteiger partial charge on any atom is -0.479 e. The van der Waals surface area contributed by atoms with Gasteiger partial charge in [0.1, 0.15) is 0 Å². The second-order valence-corrected chi connectivity index (χ2v) is 2.24. The number of ether oxygens (including phenoxy) is 1. The summed E-state index contributed by atoms with van der Waals surface area (Å²) in [5.74, 6) is 3.82. The number of hydrogen-bond acceptors (Lipinski definition) is 4. The van der Waals surface area contributed by atoms with Crippen LogP contribution < -0.4 is 5.90 Å². The first kappa shape index (κ1) is 10.3. The molecule has 5 heteroatoms. The van der Waals surface area contributed by atoms with E-state index in [1.165, 1.54) is 7.11 Å². The summed E-state index contributed by atoms with van der Waals surface area (Å²) in [4.78, 5) is 14.7. The lowest BCUT2D eigenvalue weighted by Crippen LogP contribution is -2.28. The Hall–Kier alpha value is -0.650. The van der Waals surface area contributed by atoms with Crippen LogP contribution in [-0.4, -0.2) is 30.4 Å². The molecule has 0 saturated heterocycles. The van der Waals surface area contributed by atoms with Crippen molar-refractivity contribution in [2.75, 3.05) is 7.11 Å². The molecule has 0 aliphatic rings. The molecule has 0 spiro atoms. The smallest absolute Gasteiger partial charge is 0.332 e. The molecule has 0 fully saturated rings. The van der Waals surface area contributed by atoms with Gasteiger partial charge in [0.2, 0.25) is 0 Å². The van der Waals surface area contributed by atoms with E-state index < -0.39 is 12.1 Å². The number of methoxy groups -OCH3 is 1. The summed E-state index contributed by atoms with van der Waals surface area (Å²) in [6, 6.07) is 0. The summed E-state index contributed by atoms with van der Waals surface area (Å²) >= 11 is 0. The van der Waals surface area contributed by atoms with Gasteiger partial charge in [-0.15, -0.1) is 0 Å². The van der Waals surface area contributed by atoms with E-state index >= 15 is 0 Å². The maximum Gasteiger partial charge on any atom is 0.332 e. The highest BCUT2D eigenvalue weighted by atomic mass is 16.6. The lowest BCUT2D eigenvalue weighted by Gasteiger charge is -2.13. The maximum absolute atomic E-state index is 10.4. The predicted octanol–water partition coefficient (Wildman–Crippen LogP) is -0.245. The Balaban J connectivity index is 3.77. The van der Waals surface area contributed by atoms with Crippen LogP contribution in [0.15, 0.2) is 0 Å². The lowest BCUT2D eigenvalue weighted by molar-refractivity contribution is -0.150. The highest BCUT2D eigenvalue weighted by molar-refractivity contribution is 5.72. The molecule has 0 aromatic rings. The third kappa shape index (κ3) is 3.92. The van der Waals surface area contributed by atoms with Crippen LogP contribution in [0.25, 0.3) is 0 Å². The minimum absolute atomic E-state index is 0.252. The van der Waals surface area contributed by atoms with Crippen LogP contribution in [0.4, 0.5) is 0 Å². The normalized spacial score (nSPS) is 15.9. The number of nitrogens with two attached hydrogens (primary N) is 1. The van der Waals surface area contributed by atoms with Crippen LogP contribution >= 0.6 is 0 Å². The first-order valence-corrected chi connectivity index (χ1v) is 3.23. The Labute approximate surface area is 65.0 Å². The topological polar surface area (TPSA) is 81.8 Å². The third-order valence-electron chi connectivity index (χ3n) is 1.34. The van der Waals surface area contributed by atoms with E-state index in [2.05, 4.69) is 9.57 Å². The van der Waals surface area contributed by atoms with E-state index in [1.54, 1.807) is 6.92 Å². The summed E-state index contributed by atoms with van der Waals surface area (Å²) in [6.45, 7) is 1.68. The molecule has 0 amide bonds. The number of hydrogen-bond donors (Lipinski definition) is 2. The van der Waals surface area contributed by atoms with Crippen LogP contribution in [-0.2, 0) is 14.4 Å². The van der Waals surface area contributed by atoms with E-state index in [4.69, 9.17) is 11.0 Å². The molecule has 0 aliphatic carbocycles. The molecular weight excluding hydrogens is 150 g/mol. The fourth-order valence-corrected chi connectivity index (χ4v) is 0.655. The second kappa shape index (κ2) is 5.06. The van der Waals surface area contributed by atoms with Gasteiger partial charge in [0.15, 0.2) is 6.10 Å². The average molecular weight is 163 g/mol. The van der Waals surface area contributed by atoms with E-state index in [9.17, 15) is 4.79 Å². The highest BCUT2D eigenvalue weighted by Gasteiger charge is 2.19. The van der Waals surface area contributed by atoms with Gasteiger partial charge in [-0.1, -0.05) is 0 Å². The first-order valence-electron chi connectivity index (χ1n) is 3.23. The van der Waals surface area contributed by atoms with Crippen molar-refractivity contribution in [2.45, 2.75) is 25.6 Å². The van der Waals surface area contributed by atoms with Crippen molar-refractivity contribution in [1.29, 1.82) is 0 Å². The molecule has 11 heavy (non-hydrogen) atoms. The summed E-state index contributed by atoms with van der Waals surface area (Å²) in [6.07, 6.45) is -0.896. The van der Waals surface area contributed by atoms with Crippen LogP contribution in [0, 0.1) is 0 Å². The van der Waals surface area contributed by atoms with Crippen LogP contribution in [0.2, 0.25) is 0 Å². The lowest BCUT2D eigenvalue weighted by atomic mass is 10.2. The van der Waals surface area contributed by atoms with Gasteiger partial charge in [-0.2, -0.15) is 0 Å². The van der Waals surface area contributed by atoms with Gasteiger partial charge in [0, 0.05) is 13.5 Å². The molecule has 0 aromatic carbocycles. The van der Waals surface area contributed by atoms with Gasteiger partial charge in [0.05, 0.1) is 6.10 Å². The average Bonchev–Trinajstić information content (AvgIpc) is 1.99. The van der Waals surface area contributed by atoms with Gasteiger partial charge < -0.3 is 14.7 Å². The third-order valence-corrected chi connectivity index (χ3v) is 1.34. The summed E-state index contributed by atoms with van der Waals surface area (Å²) < 4.78 is 4.65. The molecule has 0 aromatic heterocycles. The van der Waals surface area contributed by atoms with Crippen molar-refractivity contribution in [3.8, 4) is 0 Å². The van der Waals surface area contributed by atoms with Crippen molar-refractivity contribution in [3.05, 3.63) is 0 Å². The minimum atomic E-state index is -1.00. The summed E-state index contributed by atoms with van der Waals surface area (Å²) in [5, 5.41) is 8.50. The maximum atomic E-state index is 10.4. The SMILES string of the molecule is COC(CC(C)ON)C(=O)O. The first-order chi connectivity index (χ1) is 5.11. The van der Waals surface area contributed by atoms with Crippen molar-refractivity contribution in [3.63, 3.8) is 0 Å². The number of rotatable bonds is 5. The molecule has 0 bridgehead atoms. The zero-order chi connectivity index (χ0) is 8.85. The fourth-order valence-electron chi connectivity index (χ4n) is 0.655. The molecular formula is C6H13NO4. The zero-order valence-electron chi connectivity index (χ0n) is 6.61. The van der Waals surface area contributed by atoms with Gasteiger partial charge >= 0.3 is 5.97 Å². The van der Waals surface area contributed by atoms with E-state index in [0.717, 1.165) is 0 Å².